The predicted octanol–water partition coefficient (Wildman–Crippen LogP) is 0.671. The van der Waals surface area contributed by atoms with Gasteiger partial charge >= 0.3 is 5.97 Å². The van der Waals surface area contributed by atoms with Crippen LogP contribution in [0.25, 0.3) is 0 Å². The molecular weight excluding hydrogens is 202 g/mol. The number of likely N-dealkylation sites (N-methyl/N-ethyl adjacent to an activating group) is 1. The third-order valence-electron chi connectivity index (χ3n) is 2.56. The number of aliphatic carboxylic acids is 1. The summed E-state index contributed by atoms with van der Waals surface area (Å²) in [5, 5.41) is 8.75. The molecule has 1 fully saturated rings. The molecule has 1 rings (SSSR count). The van der Waals surface area contributed by atoms with Gasteiger partial charge in [0.1, 0.15) is 6.04 Å². The van der Waals surface area contributed by atoms with Crippen molar-refractivity contribution >= 4 is 23.6 Å². The maximum Gasteiger partial charge on any atom is 0.326 e. The number of carbonyl (C=O) groups excluding carboxylic acids is 1. The highest BCUT2D eigenvalue weighted by Crippen LogP contribution is 2.25. The van der Waals surface area contributed by atoms with Crippen molar-refractivity contribution in [2.45, 2.75) is 19.4 Å². The van der Waals surface area contributed by atoms with Crippen molar-refractivity contribution in [2.75, 3.05) is 18.6 Å². The van der Waals surface area contributed by atoms with E-state index in [1.165, 1.54) is 11.8 Å². The molecule has 0 aromatic carbocycles. The number of rotatable bonds is 3. The minimum atomic E-state index is -0.952. The van der Waals surface area contributed by atoms with E-state index in [9.17, 15) is 9.59 Å². The highest BCUT2D eigenvalue weighted by molar-refractivity contribution is 7.99. The Kier molecular flexibility index (Phi) is 3.80. The maximum atomic E-state index is 11.7. The van der Waals surface area contributed by atoms with E-state index in [-0.39, 0.29) is 11.8 Å². The summed E-state index contributed by atoms with van der Waals surface area (Å²) < 4.78 is 0. The third-order valence-corrected chi connectivity index (χ3v) is 3.73. The molecule has 2 atom stereocenters. The van der Waals surface area contributed by atoms with Crippen molar-refractivity contribution in [3.8, 4) is 0 Å². The zero-order chi connectivity index (χ0) is 10.7. The Hall–Kier alpha value is -0.710. The fourth-order valence-corrected chi connectivity index (χ4v) is 2.59. The molecule has 0 bridgehead atoms. The summed E-state index contributed by atoms with van der Waals surface area (Å²) in [5.41, 5.74) is 0. The SMILES string of the molecule is CC(C(=O)O)N(C)C(=O)C1CCSC1. The third kappa shape index (κ3) is 2.41. The first-order valence-electron chi connectivity index (χ1n) is 4.61. The lowest BCUT2D eigenvalue weighted by Gasteiger charge is -2.24. The van der Waals surface area contributed by atoms with Gasteiger partial charge in [-0.3, -0.25) is 4.79 Å². The molecule has 2 unspecified atom stereocenters. The maximum absolute atomic E-state index is 11.7. The molecule has 1 heterocycles. The van der Waals surface area contributed by atoms with Gasteiger partial charge in [-0.15, -0.1) is 0 Å². The molecule has 1 N–H and O–H groups in total. The number of amides is 1. The molecular formula is C9H15NO3S. The lowest BCUT2D eigenvalue weighted by atomic mass is 10.1. The van der Waals surface area contributed by atoms with Crippen LogP contribution in [0.3, 0.4) is 0 Å². The Morgan fingerprint density at radius 1 is 1.57 bits per heavy atom. The smallest absolute Gasteiger partial charge is 0.326 e. The van der Waals surface area contributed by atoms with Crippen LogP contribution in [0.1, 0.15) is 13.3 Å². The largest absolute Gasteiger partial charge is 0.480 e. The second kappa shape index (κ2) is 4.68. The normalized spacial score (nSPS) is 23.1. The van der Waals surface area contributed by atoms with Crippen molar-refractivity contribution in [1.29, 1.82) is 0 Å². The zero-order valence-electron chi connectivity index (χ0n) is 8.40. The van der Waals surface area contributed by atoms with Crippen LogP contribution < -0.4 is 0 Å². The van der Waals surface area contributed by atoms with E-state index in [4.69, 9.17) is 5.11 Å². The van der Waals surface area contributed by atoms with Crippen LogP contribution in [-0.4, -0.2) is 46.5 Å². The molecule has 0 spiro atoms. The number of carboxylic acids is 1. The van der Waals surface area contributed by atoms with E-state index in [0.29, 0.717) is 0 Å². The molecule has 1 aliphatic rings. The van der Waals surface area contributed by atoms with Gasteiger partial charge in [0, 0.05) is 18.7 Å². The van der Waals surface area contributed by atoms with Crippen LogP contribution in [0.5, 0.6) is 0 Å². The van der Waals surface area contributed by atoms with E-state index in [1.54, 1.807) is 18.8 Å². The number of thioether (sulfide) groups is 1. The lowest BCUT2D eigenvalue weighted by molar-refractivity contribution is -0.149. The lowest BCUT2D eigenvalue weighted by Crippen LogP contribution is -2.43. The highest BCUT2D eigenvalue weighted by atomic mass is 32.2. The molecule has 0 aromatic heterocycles. The summed E-state index contributed by atoms with van der Waals surface area (Å²) in [7, 11) is 1.56. The fraction of sp³-hybridized carbons (Fsp3) is 0.778. The Bertz CT molecular complexity index is 238. The monoisotopic (exact) mass is 217 g/mol. The summed E-state index contributed by atoms with van der Waals surface area (Å²) in [5.74, 6) is 0.865. The van der Waals surface area contributed by atoms with Crippen molar-refractivity contribution in [3.63, 3.8) is 0 Å². The van der Waals surface area contributed by atoms with E-state index in [0.717, 1.165) is 17.9 Å². The summed E-state index contributed by atoms with van der Waals surface area (Å²) in [4.78, 5) is 23.7. The summed E-state index contributed by atoms with van der Waals surface area (Å²) in [6.45, 7) is 1.53. The molecule has 80 valence electrons. The van der Waals surface area contributed by atoms with Crippen LogP contribution in [-0.2, 0) is 9.59 Å². The minimum Gasteiger partial charge on any atom is -0.480 e. The first-order chi connectivity index (χ1) is 6.54. The summed E-state index contributed by atoms with van der Waals surface area (Å²) in [6, 6.07) is -0.729. The van der Waals surface area contributed by atoms with Gasteiger partial charge in [0.15, 0.2) is 0 Å². The second-order valence-electron chi connectivity index (χ2n) is 3.52. The van der Waals surface area contributed by atoms with Crippen LogP contribution in [0.2, 0.25) is 0 Å². The van der Waals surface area contributed by atoms with Crippen LogP contribution in [0.4, 0.5) is 0 Å². The van der Waals surface area contributed by atoms with Crippen LogP contribution in [0, 0.1) is 5.92 Å². The first-order valence-corrected chi connectivity index (χ1v) is 5.76. The molecule has 1 saturated heterocycles. The molecule has 0 aromatic rings. The number of hydrogen-bond donors (Lipinski definition) is 1. The predicted molar refractivity (Wildman–Crippen MR) is 55.3 cm³/mol. The van der Waals surface area contributed by atoms with E-state index >= 15 is 0 Å². The van der Waals surface area contributed by atoms with Crippen molar-refractivity contribution < 1.29 is 14.7 Å². The number of hydrogen-bond acceptors (Lipinski definition) is 3. The van der Waals surface area contributed by atoms with Crippen molar-refractivity contribution in [2.24, 2.45) is 5.92 Å². The Morgan fingerprint density at radius 2 is 2.21 bits per heavy atom. The van der Waals surface area contributed by atoms with Gasteiger partial charge in [0.25, 0.3) is 0 Å². The van der Waals surface area contributed by atoms with Gasteiger partial charge in [0.05, 0.1) is 0 Å². The fourth-order valence-electron chi connectivity index (χ4n) is 1.37. The molecule has 1 aliphatic heterocycles. The van der Waals surface area contributed by atoms with Gasteiger partial charge in [-0.1, -0.05) is 0 Å². The highest BCUT2D eigenvalue weighted by Gasteiger charge is 2.30. The van der Waals surface area contributed by atoms with Gasteiger partial charge in [0.2, 0.25) is 5.91 Å². The molecule has 4 nitrogen and oxygen atoms in total. The quantitative estimate of drug-likeness (QED) is 0.755. The Balaban J connectivity index is 2.54. The Morgan fingerprint density at radius 3 is 2.64 bits per heavy atom. The van der Waals surface area contributed by atoms with E-state index < -0.39 is 12.0 Å². The zero-order valence-corrected chi connectivity index (χ0v) is 9.21. The van der Waals surface area contributed by atoms with Gasteiger partial charge < -0.3 is 10.0 Å². The molecule has 5 heteroatoms. The minimum absolute atomic E-state index is 0.0202. The topological polar surface area (TPSA) is 57.6 Å². The van der Waals surface area contributed by atoms with Gasteiger partial charge in [-0.2, -0.15) is 11.8 Å². The van der Waals surface area contributed by atoms with Gasteiger partial charge in [-0.25, -0.2) is 4.79 Å². The second-order valence-corrected chi connectivity index (χ2v) is 4.67. The first kappa shape index (κ1) is 11.4. The van der Waals surface area contributed by atoms with Crippen molar-refractivity contribution in [3.05, 3.63) is 0 Å². The summed E-state index contributed by atoms with van der Waals surface area (Å²) in [6.07, 6.45) is 0.875. The molecule has 0 aliphatic carbocycles. The molecule has 0 saturated carbocycles. The average molecular weight is 217 g/mol. The molecule has 14 heavy (non-hydrogen) atoms. The molecule has 1 amide bonds. The van der Waals surface area contributed by atoms with Crippen molar-refractivity contribution in [1.82, 2.24) is 4.90 Å². The summed E-state index contributed by atoms with van der Waals surface area (Å²) >= 11 is 1.75. The van der Waals surface area contributed by atoms with Crippen LogP contribution in [0.15, 0.2) is 0 Å². The number of nitrogens with zero attached hydrogens (tertiary/aromatic N) is 1. The van der Waals surface area contributed by atoms with Crippen LogP contribution >= 0.6 is 11.8 Å². The van der Waals surface area contributed by atoms with Gasteiger partial charge in [-0.05, 0) is 19.1 Å². The number of carboxylic acid groups (broad SMARTS) is 1. The van der Waals surface area contributed by atoms with E-state index in [1.807, 2.05) is 0 Å². The molecule has 0 radical (unpaired) electrons. The number of carbonyl (C=O) groups is 2. The Labute approximate surface area is 87.7 Å². The average Bonchev–Trinajstić information content (AvgIpc) is 2.67. The van der Waals surface area contributed by atoms with E-state index in [2.05, 4.69) is 0 Å². The standard InChI is InChI=1S/C9H15NO3S/c1-6(9(12)13)10(2)8(11)7-3-4-14-5-7/h6-7H,3-5H2,1-2H3,(H,12,13).